The first-order valence-electron chi connectivity index (χ1n) is 7.30. The topological polar surface area (TPSA) is 57.7 Å². The Bertz CT molecular complexity index is 779. The summed E-state index contributed by atoms with van der Waals surface area (Å²) in [6, 6.07) is 5.22. The first kappa shape index (κ1) is 20.0. The van der Waals surface area contributed by atoms with Crippen LogP contribution in [0.3, 0.4) is 0 Å². The number of alkyl halides is 4. The molecule has 0 aliphatic rings. The zero-order valence-electron chi connectivity index (χ0n) is 13.9. The van der Waals surface area contributed by atoms with E-state index in [2.05, 4.69) is 20.9 Å². The number of pyridine rings is 1. The van der Waals surface area contributed by atoms with Gasteiger partial charge in [-0.1, -0.05) is 15.9 Å². The van der Waals surface area contributed by atoms with E-state index in [4.69, 9.17) is 14.2 Å². The number of hydrogen-bond acceptors (Lipinski definition) is 5. The van der Waals surface area contributed by atoms with Crippen molar-refractivity contribution in [3.8, 4) is 17.2 Å². The molecule has 0 radical (unpaired) electrons. The van der Waals surface area contributed by atoms with Gasteiger partial charge in [-0.3, -0.25) is 9.78 Å². The molecule has 1 aromatic carbocycles. The van der Waals surface area contributed by atoms with Gasteiger partial charge in [0.2, 0.25) is 5.75 Å². The molecule has 0 aliphatic heterocycles. The lowest BCUT2D eigenvalue weighted by Gasteiger charge is -2.16. The monoisotopic (exact) mass is 433 g/mol. The normalized spacial score (nSPS) is 11.2. The van der Waals surface area contributed by atoms with E-state index in [1.165, 1.54) is 32.4 Å². The van der Waals surface area contributed by atoms with E-state index in [1.807, 2.05) is 0 Å². The summed E-state index contributed by atoms with van der Waals surface area (Å²) in [6.45, 7) is -0.0800. The molecular formula is C17H15BrF3NO4. The van der Waals surface area contributed by atoms with Crippen LogP contribution in [0.1, 0.15) is 21.6 Å². The molecule has 5 nitrogen and oxygen atoms in total. The lowest BCUT2D eigenvalue weighted by atomic mass is 10.1. The smallest absolute Gasteiger partial charge is 0.417 e. The number of aromatic nitrogens is 1. The molecule has 0 aliphatic carbocycles. The lowest BCUT2D eigenvalue weighted by molar-refractivity contribution is -0.137. The summed E-state index contributed by atoms with van der Waals surface area (Å²) in [7, 11) is 2.79. The molecule has 9 heteroatoms. The Morgan fingerprint density at radius 2 is 1.81 bits per heavy atom. The number of nitrogens with zero attached hydrogens (tertiary/aromatic N) is 1. The Balaban J connectivity index is 2.23. The summed E-state index contributed by atoms with van der Waals surface area (Å²) in [5, 5.41) is 0.113. The molecule has 1 aromatic heterocycles. The number of methoxy groups -OCH3 is 2. The minimum Gasteiger partial charge on any atom is -0.492 e. The average molecular weight is 434 g/mol. The number of halogens is 4. The van der Waals surface area contributed by atoms with Crippen molar-refractivity contribution >= 4 is 21.7 Å². The summed E-state index contributed by atoms with van der Waals surface area (Å²) in [5.41, 5.74) is -0.209. The van der Waals surface area contributed by atoms with Crippen LogP contribution in [-0.2, 0) is 12.8 Å². The van der Waals surface area contributed by atoms with Crippen LogP contribution in [0.2, 0.25) is 0 Å². The Morgan fingerprint density at radius 3 is 2.31 bits per heavy atom. The van der Waals surface area contributed by atoms with Gasteiger partial charge in [0.25, 0.3) is 0 Å². The van der Waals surface area contributed by atoms with Crippen molar-refractivity contribution in [1.82, 2.24) is 4.98 Å². The zero-order valence-corrected chi connectivity index (χ0v) is 15.5. The van der Waals surface area contributed by atoms with E-state index in [0.29, 0.717) is 11.3 Å². The first-order chi connectivity index (χ1) is 12.3. The molecule has 0 N–H and O–H groups in total. The van der Waals surface area contributed by atoms with Crippen molar-refractivity contribution in [2.75, 3.05) is 19.5 Å². The van der Waals surface area contributed by atoms with Crippen molar-refractivity contribution in [3.05, 3.63) is 47.3 Å². The number of carbonyl (C=O) groups excluding carboxylic acids is 1. The summed E-state index contributed by atoms with van der Waals surface area (Å²) < 4.78 is 53.8. The fourth-order valence-electron chi connectivity index (χ4n) is 2.18. The fourth-order valence-corrected chi connectivity index (χ4v) is 2.48. The van der Waals surface area contributed by atoms with Gasteiger partial charge < -0.3 is 14.2 Å². The first-order valence-corrected chi connectivity index (χ1v) is 8.43. The lowest BCUT2D eigenvalue weighted by Crippen LogP contribution is -2.08. The Morgan fingerprint density at radius 1 is 1.12 bits per heavy atom. The van der Waals surface area contributed by atoms with Crippen LogP contribution in [0.25, 0.3) is 0 Å². The maximum absolute atomic E-state index is 12.6. The maximum Gasteiger partial charge on any atom is 0.417 e. The minimum absolute atomic E-state index is 0.0800. The molecule has 0 fully saturated rings. The highest BCUT2D eigenvalue weighted by atomic mass is 79.9. The van der Waals surface area contributed by atoms with Gasteiger partial charge in [0.1, 0.15) is 6.61 Å². The van der Waals surface area contributed by atoms with Gasteiger partial charge >= 0.3 is 6.18 Å². The molecule has 0 atom stereocenters. The van der Waals surface area contributed by atoms with Gasteiger partial charge in [-0.05, 0) is 24.3 Å². The molecule has 140 valence electrons. The Hall–Kier alpha value is -2.29. The molecule has 0 amide bonds. The summed E-state index contributed by atoms with van der Waals surface area (Å²) in [4.78, 5) is 15.7. The van der Waals surface area contributed by atoms with Crippen molar-refractivity contribution in [1.29, 1.82) is 0 Å². The average Bonchev–Trinajstić information content (AvgIpc) is 2.64. The van der Waals surface area contributed by atoms with Gasteiger partial charge in [-0.25, -0.2) is 0 Å². The maximum atomic E-state index is 12.6. The van der Waals surface area contributed by atoms with E-state index in [9.17, 15) is 18.0 Å². The number of ketones is 1. The number of carbonyl (C=O) groups is 1. The number of ether oxygens (including phenoxy) is 3. The van der Waals surface area contributed by atoms with Crippen molar-refractivity contribution in [2.45, 2.75) is 12.8 Å². The molecule has 2 rings (SSSR count). The second-order valence-electron chi connectivity index (χ2n) is 5.06. The van der Waals surface area contributed by atoms with E-state index < -0.39 is 11.7 Å². The van der Waals surface area contributed by atoms with Crippen molar-refractivity contribution < 1.29 is 32.2 Å². The minimum atomic E-state index is -4.44. The molecule has 2 aromatic rings. The molecule has 1 heterocycles. The van der Waals surface area contributed by atoms with Crippen molar-refractivity contribution in [3.63, 3.8) is 0 Å². The fraction of sp³-hybridized carbons (Fsp3) is 0.294. The van der Waals surface area contributed by atoms with Crippen LogP contribution >= 0.6 is 15.9 Å². The molecule has 0 unspecified atom stereocenters. The summed E-state index contributed by atoms with van der Waals surface area (Å²) >= 11 is 3.10. The van der Waals surface area contributed by atoms with Crippen LogP contribution in [0.5, 0.6) is 17.2 Å². The third-order valence-electron chi connectivity index (χ3n) is 3.43. The standard InChI is InChI=1S/C17H15BrF3NO4/c1-24-15-12(13(23)7-18)5-6-14(16(15)25-2)26-9-11-4-3-10(8-22-11)17(19,20)21/h3-6,8H,7,9H2,1-2H3. The number of Topliss-reactive ketones (excluding diaryl/α,β-unsaturated/α-hetero) is 1. The molecule has 0 bridgehead atoms. The molecule has 0 saturated carbocycles. The SMILES string of the molecule is COc1c(OCc2ccc(C(F)(F)F)cn2)ccc(C(=O)CBr)c1OC. The predicted molar refractivity (Wildman–Crippen MR) is 91.2 cm³/mol. The van der Waals surface area contributed by atoms with Crippen LogP contribution < -0.4 is 14.2 Å². The highest BCUT2D eigenvalue weighted by Gasteiger charge is 2.30. The third kappa shape index (κ3) is 4.46. The molecule has 0 spiro atoms. The van der Waals surface area contributed by atoms with E-state index in [1.54, 1.807) is 0 Å². The van der Waals surface area contributed by atoms with E-state index in [-0.39, 0.29) is 35.0 Å². The second-order valence-corrected chi connectivity index (χ2v) is 5.62. The largest absolute Gasteiger partial charge is 0.492 e. The van der Waals surface area contributed by atoms with Crippen molar-refractivity contribution in [2.24, 2.45) is 0 Å². The van der Waals surface area contributed by atoms with E-state index in [0.717, 1.165) is 12.3 Å². The Kier molecular flexibility index (Phi) is 6.47. The zero-order chi connectivity index (χ0) is 19.3. The summed E-state index contributed by atoms with van der Waals surface area (Å²) in [5.74, 6) is 0.509. The van der Waals surface area contributed by atoms with Crippen LogP contribution in [0.4, 0.5) is 13.2 Å². The van der Waals surface area contributed by atoms with Crippen LogP contribution in [-0.4, -0.2) is 30.3 Å². The molecular weight excluding hydrogens is 419 g/mol. The van der Waals surface area contributed by atoms with E-state index >= 15 is 0 Å². The quantitative estimate of drug-likeness (QED) is 0.481. The highest BCUT2D eigenvalue weighted by molar-refractivity contribution is 9.09. The highest BCUT2D eigenvalue weighted by Crippen LogP contribution is 2.40. The third-order valence-corrected chi connectivity index (χ3v) is 3.94. The van der Waals surface area contributed by atoms with Crippen LogP contribution in [0.15, 0.2) is 30.5 Å². The molecule has 26 heavy (non-hydrogen) atoms. The van der Waals surface area contributed by atoms with Gasteiger partial charge in [-0.15, -0.1) is 0 Å². The Labute approximate surface area is 156 Å². The van der Waals surface area contributed by atoms with Gasteiger partial charge in [0.05, 0.1) is 36.4 Å². The molecule has 0 saturated heterocycles. The number of benzene rings is 1. The van der Waals surface area contributed by atoms with Gasteiger partial charge in [-0.2, -0.15) is 13.2 Å². The van der Waals surface area contributed by atoms with Gasteiger partial charge in [0.15, 0.2) is 17.3 Å². The number of hydrogen-bond donors (Lipinski definition) is 0. The second kappa shape index (κ2) is 8.39. The van der Waals surface area contributed by atoms with Gasteiger partial charge in [0, 0.05) is 6.20 Å². The predicted octanol–water partition coefficient (Wildman–Crippen LogP) is 4.27. The van der Waals surface area contributed by atoms with Crippen LogP contribution in [0, 0.1) is 0 Å². The number of rotatable bonds is 7. The summed E-state index contributed by atoms with van der Waals surface area (Å²) in [6.07, 6.45) is -3.70.